The Morgan fingerprint density at radius 2 is 1.10 bits per heavy atom. The molecule has 0 bridgehead atoms. The minimum absolute atomic E-state index is 0.558. The minimum Gasteiger partial charge on any atom is -0.456 e. The van der Waals surface area contributed by atoms with Crippen LogP contribution in [0.1, 0.15) is 0 Å². The van der Waals surface area contributed by atoms with Crippen molar-refractivity contribution in [1.29, 1.82) is 0 Å². The van der Waals surface area contributed by atoms with Crippen molar-refractivity contribution in [3.05, 3.63) is 164 Å². The summed E-state index contributed by atoms with van der Waals surface area (Å²) in [4.78, 5) is 19.6. The van der Waals surface area contributed by atoms with Crippen molar-refractivity contribution < 1.29 is 4.42 Å². The number of pyridine rings is 1. The third-order valence-electron chi connectivity index (χ3n) is 9.33. The SMILES string of the molecule is c1ccc(-c2nc(-c3ccccc3)nc(-c3cc4oc5ccc6c7ccccc7n(-c7ccccc7)c6c5c4cc3-c3cccnc3)n2)cc1. The van der Waals surface area contributed by atoms with Gasteiger partial charge in [-0.2, -0.15) is 0 Å². The van der Waals surface area contributed by atoms with Gasteiger partial charge in [-0.3, -0.25) is 4.98 Å². The van der Waals surface area contributed by atoms with E-state index in [2.05, 4.69) is 94.5 Å². The fourth-order valence-electron chi connectivity index (χ4n) is 7.08. The number of aromatic nitrogens is 5. The van der Waals surface area contributed by atoms with Crippen LogP contribution in [-0.2, 0) is 0 Å². The molecule has 0 amide bonds. The van der Waals surface area contributed by atoms with Crippen LogP contribution in [0.25, 0.3) is 94.7 Å². The summed E-state index contributed by atoms with van der Waals surface area (Å²) < 4.78 is 9.08. The molecule has 0 fully saturated rings. The molecule has 0 N–H and O–H groups in total. The molecule has 0 radical (unpaired) electrons. The Balaban J connectivity index is 1.31. The molecule has 0 spiro atoms. The first-order valence-corrected chi connectivity index (χ1v) is 16.6. The van der Waals surface area contributed by atoms with E-state index in [1.165, 1.54) is 10.8 Å². The lowest BCUT2D eigenvalue weighted by Gasteiger charge is -2.12. The van der Waals surface area contributed by atoms with Gasteiger partial charge in [0.2, 0.25) is 0 Å². The van der Waals surface area contributed by atoms with Crippen molar-refractivity contribution in [2.24, 2.45) is 0 Å². The Morgan fingerprint density at radius 1 is 0.460 bits per heavy atom. The fraction of sp³-hybridized carbons (Fsp3) is 0. The van der Waals surface area contributed by atoms with E-state index < -0.39 is 0 Å². The highest BCUT2D eigenvalue weighted by Crippen LogP contribution is 2.44. The first-order chi connectivity index (χ1) is 24.8. The van der Waals surface area contributed by atoms with E-state index in [0.29, 0.717) is 17.5 Å². The van der Waals surface area contributed by atoms with Gasteiger partial charge in [0.15, 0.2) is 17.5 Å². The lowest BCUT2D eigenvalue weighted by Crippen LogP contribution is -2.01. The normalized spacial score (nSPS) is 11.6. The zero-order valence-corrected chi connectivity index (χ0v) is 26.7. The monoisotopic (exact) mass is 641 g/mol. The zero-order chi connectivity index (χ0) is 33.0. The molecule has 0 aliphatic rings. The van der Waals surface area contributed by atoms with Crippen LogP contribution in [0.3, 0.4) is 0 Å². The van der Waals surface area contributed by atoms with E-state index in [4.69, 9.17) is 19.4 Å². The van der Waals surface area contributed by atoms with Crippen molar-refractivity contribution >= 4 is 43.7 Å². The van der Waals surface area contributed by atoms with Crippen LogP contribution in [0.15, 0.2) is 168 Å². The molecule has 0 unspecified atom stereocenters. The molecule has 234 valence electrons. The molecule has 6 nitrogen and oxygen atoms in total. The molecule has 0 aliphatic heterocycles. The quantitative estimate of drug-likeness (QED) is 0.187. The molecule has 0 saturated carbocycles. The summed E-state index contributed by atoms with van der Waals surface area (Å²) in [5.74, 6) is 1.76. The molecular weight excluding hydrogens is 615 g/mol. The first-order valence-electron chi connectivity index (χ1n) is 16.6. The first kappa shape index (κ1) is 28.1. The molecule has 10 aromatic rings. The van der Waals surface area contributed by atoms with Gasteiger partial charge in [0.25, 0.3) is 0 Å². The minimum atomic E-state index is 0.558. The number of furan rings is 1. The topological polar surface area (TPSA) is 69.6 Å². The van der Waals surface area contributed by atoms with Gasteiger partial charge in [-0.15, -0.1) is 0 Å². The highest BCUT2D eigenvalue weighted by molar-refractivity contribution is 6.25. The Morgan fingerprint density at radius 3 is 1.80 bits per heavy atom. The Labute approximate surface area is 287 Å². The van der Waals surface area contributed by atoms with Gasteiger partial charge in [0.1, 0.15) is 11.2 Å². The van der Waals surface area contributed by atoms with Gasteiger partial charge in [-0.1, -0.05) is 103 Å². The van der Waals surface area contributed by atoms with E-state index in [-0.39, 0.29) is 0 Å². The second-order valence-corrected chi connectivity index (χ2v) is 12.3. The zero-order valence-electron chi connectivity index (χ0n) is 26.7. The van der Waals surface area contributed by atoms with Crippen molar-refractivity contribution in [2.45, 2.75) is 0 Å². The van der Waals surface area contributed by atoms with Crippen LogP contribution in [0, 0.1) is 0 Å². The molecule has 0 aliphatic carbocycles. The second-order valence-electron chi connectivity index (χ2n) is 12.3. The average Bonchev–Trinajstić information content (AvgIpc) is 3.74. The average molecular weight is 642 g/mol. The van der Waals surface area contributed by atoms with E-state index in [1.807, 2.05) is 72.9 Å². The van der Waals surface area contributed by atoms with Gasteiger partial charge >= 0.3 is 0 Å². The van der Waals surface area contributed by atoms with E-state index in [9.17, 15) is 0 Å². The molecule has 0 atom stereocenters. The number of nitrogens with zero attached hydrogens (tertiary/aromatic N) is 5. The molecule has 6 heteroatoms. The summed E-state index contributed by atoms with van der Waals surface area (Å²) in [7, 11) is 0. The smallest absolute Gasteiger partial charge is 0.164 e. The van der Waals surface area contributed by atoms with Crippen molar-refractivity contribution in [1.82, 2.24) is 24.5 Å². The van der Waals surface area contributed by atoms with Crippen LogP contribution < -0.4 is 0 Å². The highest BCUT2D eigenvalue weighted by Gasteiger charge is 2.23. The summed E-state index contributed by atoms with van der Waals surface area (Å²) in [6.45, 7) is 0. The van der Waals surface area contributed by atoms with Crippen LogP contribution in [-0.4, -0.2) is 24.5 Å². The van der Waals surface area contributed by atoms with Crippen molar-refractivity contribution in [3.63, 3.8) is 0 Å². The number of fused-ring (bicyclic) bond motifs is 7. The molecule has 50 heavy (non-hydrogen) atoms. The number of hydrogen-bond donors (Lipinski definition) is 0. The molecule has 10 rings (SSSR count). The molecule has 6 aromatic carbocycles. The number of rotatable bonds is 5. The summed E-state index contributed by atoms with van der Waals surface area (Å²) in [6.07, 6.45) is 3.68. The van der Waals surface area contributed by atoms with E-state index in [1.54, 1.807) is 6.20 Å². The van der Waals surface area contributed by atoms with E-state index >= 15 is 0 Å². The van der Waals surface area contributed by atoms with Crippen LogP contribution >= 0.6 is 0 Å². The molecule has 4 aromatic heterocycles. The summed E-state index contributed by atoms with van der Waals surface area (Å²) in [6, 6.07) is 51.8. The van der Waals surface area contributed by atoms with Crippen molar-refractivity contribution in [2.75, 3.05) is 0 Å². The standard InChI is InChI=1S/C44H27N5O/c1-4-13-28(14-5-1)42-46-43(29-15-6-2-7-16-29)48-44(47-42)35-26-39-36(25-34(35)30-17-12-24-45-27-30)40-38(50-39)23-22-33-32-20-10-11-21-37(32)49(41(33)40)31-18-8-3-9-19-31/h1-27H. The van der Waals surface area contributed by atoms with Gasteiger partial charge in [0.05, 0.1) is 16.4 Å². The number of hydrogen-bond acceptors (Lipinski definition) is 5. The number of para-hydroxylation sites is 2. The van der Waals surface area contributed by atoms with Gasteiger partial charge in [0, 0.05) is 56.5 Å². The Bertz CT molecular complexity index is 2790. The number of benzene rings is 6. The summed E-state index contributed by atoms with van der Waals surface area (Å²) in [5, 5.41) is 4.43. The maximum absolute atomic E-state index is 6.73. The van der Waals surface area contributed by atoms with Crippen LogP contribution in [0.2, 0.25) is 0 Å². The van der Waals surface area contributed by atoms with Gasteiger partial charge < -0.3 is 8.98 Å². The summed E-state index contributed by atoms with van der Waals surface area (Å²) >= 11 is 0. The third-order valence-corrected chi connectivity index (χ3v) is 9.33. The Hall–Kier alpha value is -6.92. The van der Waals surface area contributed by atoms with Crippen LogP contribution in [0.5, 0.6) is 0 Å². The second kappa shape index (κ2) is 11.4. The lowest BCUT2D eigenvalue weighted by molar-refractivity contribution is 0.669. The molecule has 0 saturated heterocycles. The predicted octanol–water partition coefficient (Wildman–Crippen LogP) is 10.9. The third kappa shape index (κ3) is 4.50. The molecular formula is C44H27N5O. The van der Waals surface area contributed by atoms with Gasteiger partial charge in [-0.05, 0) is 54.1 Å². The lowest BCUT2D eigenvalue weighted by atomic mass is 9.97. The Kier molecular flexibility index (Phi) is 6.39. The summed E-state index contributed by atoms with van der Waals surface area (Å²) in [5.41, 5.74) is 9.49. The van der Waals surface area contributed by atoms with Gasteiger partial charge in [-0.25, -0.2) is 15.0 Å². The largest absolute Gasteiger partial charge is 0.456 e. The fourth-order valence-corrected chi connectivity index (χ4v) is 7.08. The molecule has 4 heterocycles. The van der Waals surface area contributed by atoms with E-state index in [0.717, 1.165) is 66.5 Å². The highest BCUT2D eigenvalue weighted by atomic mass is 16.3. The maximum atomic E-state index is 6.73. The maximum Gasteiger partial charge on any atom is 0.164 e. The van der Waals surface area contributed by atoms with Crippen molar-refractivity contribution in [3.8, 4) is 51.0 Å². The predicted molar refractivity (Wildman–Crippen MR) is 201 cm³/mol. The van der Waals surface area contributed by atoms with Crippen LogP contribution in [0.4, 0.5) is 0 Å².